The van der Waals surface area contributed by atoms with Crippen molar-refractivity contribution in [3.63, 3.8) is 0 Å². The molecule has 1 saturated carbocycles. The van der Waals surface area contributed by atoms with Gasteiger partial charge in [0.05, 0.1) is 34.8 Å². The molecule has 1 saturated heterocycles. The smallest absolute Gasteiger partial charge is 0.434 e. The molecule has 8 nitrogen and oxygen atoms in total. The Labute approximate surface area is 195 Å². The fraction of sp³-hybridized carbons (Fsp3) is 0.591. The summed E-state index contributed by atoms with van der Waals surface area (Å²) in [7, 11) is -2.08. The van der Waals surface area contributed by atoms with Crippen LogP contribution in [0.3, 0.4) is 0 Å². The Morgan fingerprint density at radius 3 is 2.53 bits per heavy atom. The average molecular weight is 481 g/mol. The lowest BCUT2D eigenvalue weighted by Crippen LogP contribution is -2.62. The molecule has 10 heteroatoms. The minimum absolute atomic E-state index is 0.0140. The largest absolute Gasteiger partial charge is 0.463 e. The number of nitrogen functional groups attached to an aromatic ring is 1. The average Bonchev–Trinajstić information content (AvgIpc) is 3.37. The number of carboxylic acid groups (broad SMARTS) is 1. The van der Waals surface area contributed by atoms with Gasteiger partial charge in [-0.1, -0.05) is 44.5 Å². The molecule has 3 rings (SSSR count). The molecule has 0 spiro atoms. The highest BCUT2D eigenvalue weighted by Crippen LogP contribution is 2.48. The molecule has 0 unspecified atom stereocenters. The number of carbonyl (C=O) groups excluding carboxylic acids is 1. The number of anilines is 1. The van der Waals surface area contributed by atoms with Crippen LogP contribution < -0.4 is 11.1 Å². The summed E-state index contributed by atoms with van der Waals surface area (Å²) < 4.78 is 6.65. The van der Waals surface area contributed by atoms with E-state index in [0.717, 1.165) is 12.8 Å². The van der Waals surface area contributed by atoms with Gasteiger partial charge in [0, 0.05) is 0 Å². The van der Waals surface area contributed by atoms with E-state index in [0.29, 0.717) is 16.3 Å². The van der Waals surface area contributed by atoms with Gasteiger partial charge in [-0.25, -0.2) is 4.79 Å². The molecule has 2 fully saturated rings. The Balaban J connectivity index is 1.91. The van der Waals surface area contributed by atoms with Crippen molar-refractivity contribution in [1.29, 1.82) is 0 Å². The molecule has 0 radical (unpaired) electrons. The van der Waals surface area contributed by atoms with Crippen LogP contribution in [-0.4, -0.2) is 48.4 Å². The number of guanidine groups is 1. The molecule has 1 aromatic rings. The molecule has 1 aliphatic carbocycles. The molecular formula is C22H33ClN4O4Si. The fourth-order valence-corrected chi connectivity index (χ4v) is 5.76. The first-order valence-electron chi connectivity index (χ1n) is 10.7. The number of nitrogens with one attached hydrogen (secondary N) is 1. The summed E-state index contributed by atoms with van der Waals surface area (Å²) in [6.07, 6.45) is 0.331. The van der Waals surface area contributed by atoms with Gasteiger partial charge < -0.3 is 20.6 Å². The van der Waals surface area contributed by atoms with Crippen LogP contribution in [0.1, 0.15) is 52.5 Å². The number of aliphatic imine (C=N–C) groups is 1. The first kappa shape index (κ1) is 24.5. The molecule has 4 N–H and O–H groups in total. The first-order chi connectivity index (χ1) is 14.6. The predicted molar refractivity (Wildman–Crippen MR) is 128 cm³/mol. The van der Waals surface area contributed by atoms with Gasteiger partial charge in [0.25, 0.3) is 0 Å². The van der Waals surface area contributed by atoms with Crippen LogP contribution in [0.15, 0.2) is 23.2 Å². The van der Waals surface area contributed by atoms with Gasteiger partial charge in [-0.05, 0) is 49.5 Å². The van der Waals surface area contributed by atoms with Crippen LogP contribution in [0.2, 0.25) is 23.2 Å². The van der Waals surface area contributed by atoms with Gasteiger partial charge in [-0.2, -0.15) is 0 Å². The van der Waals surface area contributed by atoms with Crippen molar-refractivity contribution < 1.29 is 19.1 Å². The summed E-state index contributed by atoms with van der Waals surface area (Å²) in [5.74, 6) is -0.255. The zero-order valence-corrected chi connectivity index (χ0v) is 21.3. The van der Waals surface area contributed by atoms with E-state index in [4.69, 9.17) is 21.8 Å². The maximum Gasteiger partial charge on any atom is 0.434 e. The zero-order chi connectivity index (χ0) is 24.1. The normalized spacial score (nSPS) is 24.4. The highest BCUT2D eigenvalue weighted by atomic mass is 35.5. The molecule has 1 aliphatic heterocycles. The van der Waals surface area contributed by atoms with Crippen LogP contribution >= 0.6 is 11.6 Å². The topological polar surface area (TPSA) is 117 Å². The number of nitrogens with two attached hydrogens (primary N) is 1. The number of amides is 2. The summed E-state index contributed by atoms with van der Waals surface area (Å²) in [5, 5.41) is 12.9. The van der Waals surface area contributed by atoms with Gasteiger partial charge in [-0.3, -0.25) is 9.69 Å². The molecule has 0 bridgehead atoms. The molecule has 2 aliphatic rings. The Kier molecular flexibility index (Phi) is 6.16. The first-order valence-corrected chi connectivity index (χ1v) is 14.0. The van der Waals surface area contributed by atoms with Crippen LogP contribution in [-0.2, 0) is 14.8 Å². The van der Waals surface area contributed by atoms with Crippen LogP contribution in [0.4, 0.5) is 10.5 Å². The minimum atomic E-state index is -2.08. The second-order valence-electron chi connectivity index (χ2n) is 10.6. The molecule has 1 heterocycles. The molecule has 1 aromatic carbocycles. The quantitative estimate of drug-likeness (QED) is 0.420. The van der Waals surface area contributed by atoms with Crippen LogP contribution in [0.5, 0.6) is 0 Å². The molecular weight excluding hydrogens is 448 g/mol. The summed E-state index contributed by atoms with van der Waals surface area (Å²) in [4.78, 5) is 29.9. The van der Waals surface area contributed by atoms with Crippen LogP contribution in [0.25, 0.3) is 0 Å². The van der Waals surface area contributed by atoms with E-state index in [-0.39, 0.29) is 29.9 Å². The number of hydrogen-bond acceptors (Lipinski definition) is 4. The van der Waals surface area contributed by atoms with E-state index in [9.17, 15) is 14.7 Å². The molecule has 2 amide bonds. The van der Waals surface area contributed by atoms with Crippen LogP contribution in [0, 0.1) is 0 Å². The standard InChI is InChI=1S/C22H33ClN4O4Si/c1-20(2,3)32(5,6)31-22(10-11-22)13-27-16(28)12-21(4,26-18(27)25-19(29)30)14-8-7-9-15(24)17(14)23/h7-9H,10-13,24H2,1-6H3,(H,25,26)(H,29,30)/t21-/m0/s1. The summed E-state index contributed by atoms with van der Waals surface area (Å²) >= 11 is 6.42. The highest BCUT2D eigenvalue weighted by Gasteiger charge is 2.54. The van der Waals surface area contributed by atoms with Gasteiger partial charge in [0.15, 0.2) is 8.32 Å². The summed E-state index contributed by atoms with van der Waals surface area (Å²) in [6, 6.07) is 5.20. The van der Waals surface area contributed by atoms with Crippen molar-refractivity contribution in [3.8, 4) is 0 Å². The van der Waals surface area contributed by atoms with Crippen molar-refractivity contribution in [3.05, 3.63) is 28.8 Å². The van der Waals surface area contributed by atoms with E-state index < -0.39 is 25.6 Å². The zero-order valence-electron chi connectivity index (χ0n) is 19.6. The Morgan fingerprint density at radius 1 is 1.38 bits per heavy atom. The van der Waals surface area contributed by atoms with Crippen molar-refractivity contribution >= 4 is 43.6 Å². The molecule has 32 heavy (non-hydrogen) atoms. The minimum Gasteiger partial charge on any atom is -0.463 e. The number of rotatable bonds is 5. The third-order valence-electron chi connectivity index (χ3n) is 6.81. The van der Waals surface area contributed by atoms with Crippen molar-refractivity contribution in [2.45, 2.75) is 76.2 Å². The van der Waals surface area contributed by atoms with Gasteiger partial charge in [0.2, 0.25) is 11.9 Å². The number of carbonyl (C=O) groups is 2. The monoisotopic (exact) mass is 480 g/mol. The number of benzene rings is 1. The third kappa shape index (κ3) is 4.79. The van der Waals surface area contributed by atoms with E-state index in [1.54, 1.807) is 25.1 Å². The lowest BCUT2D eigenvalue weighted by Gasteiger charge is -2.44. The Morgan fingerprint density at radius 2 is 2.00 bits per heavy atom. The Bertz CT molecular complexity index is 971. The lowest BCUT2D eigenvalue weighted by molar-refractivity contribution is -0.131. The maximum atomic E-state index is 13.3. The SMILES string of the molecule is CC(C)(C)[Si](C)(C)OC1(CN2C(=O)C[C@@](C)(c3cccc(N)c3Cl)NC2=NC(=O)O)CC1. The fourth-order valence-electron chi connectivity index (χ4n) is 3.77. The van der Waals surface area contributed by atoms with Gasteiger partial charge >= 0.3 is 6.09 Å². The van der Waals surface area contributed by atoms with Crippen molar-refractivity contribution in [2.75, 3.05) is 12.3 Å². The summed E-state index contributed by atoms with van der Waals surface area (Å²) in [6.45, 7) is 12.9. The van der Waals surface area contributed by atoms with E-state index in [1.807, 2.05) is 0 Å². The number of halogens is 1. The molecule has 176 valence electrons. The van der Waals surface area contributed by atoms with Gasteiger partial charge in [-0.15, -0.1) is 4.99 Å². The highest BCUT2D eigenvalue weighted by molar-refractivity contribution is 6.74. The van der Waals surface area contributed by atoms with Crippen molar-refractivity contribution in [1.82, 2.24) is 10.2 Å². The van der Waals surface area contributed by atoms with E-state index in [1.165, 1.54) is 4.90 Å². The van der Waals surface area contributed by atoms with Gasteiger partial charge in [0.1, 0.15) is 0 Å². The van der Waals surface area contributed by atoms with E-state index >= 15 is 0 Å². The van der Waals surface area contributed by atoms with Crippen molar-refractivity contribution in [2.24, 2.45) is 4.99 Å². The Hall–Kier alpha value is -2.10. The lowest BCUT2D eigenvalue weighted by atomic mass is 9.86. The maximum absolute atomic E-state index is 13.3. The number of hydrogen-bond donors (Lipinski definition) is 3. The predicted octanol–water partition coefficient (Wildman–Crippen LogP) is 4.55. The summed E-state index contributed by atoms with van der Waals surface area (Å²) in [5.41, 5.74) is 5.54. The molecule has 0 aromatic heterocycles. The molecule has 1 atom stereocenters. The number of nitrogens with zero attached hydrogens (tertiary/aromatic N) is 2. The second-order valence-corrected chi connectivity index (χ2v) is 15.7. The third-order valence-corrected chi connectivity index (χ3v) is 11.8. The van der Waals surface area contributed by atoms with E-state index in [2.05, 4.69) is 44.2 Å². The second kappa shape index (κ2) is 8.04.